The van der Waals surface area contributed by atoms with Crippen molar-refractivity contribution in [2.24, 2.45) is 0 Å². The van der Waals surface area contributed by atoms with E-state index in [0.29, 0.717) is 0 Å². The highest BCUT2D eigenvalue weighted by molar-refractivity contribution is 5.77. The average molecular weight is 197 g/mol. The van der Waals surface area contributed by atoms with Crippen molar-refractivity contribution in [1.82, 2.24) is 4.90 Å². The largest absolute Gasteiger partial charge is 0.420 e. The van der Waals surface area contributed by atoms with E-state index in [4.69, 9.17) is 5.11 Å². The molecule has 1 N–H and O–H groups in total. The van der Waals surface area contributed by atoms with E-state index in [1.165, 1.54) is 0 Å². The molecule has 0 aromatic rings. The van der Waals surface area contributed by atoms with Crippen LogP contribution in [0.3, 0.4) is 0 Å². The summed E-state index contributed by atoms with van der Waals surface area (Å²) in [5.41, 5.74) is -2.68. The normalized spacial score (nSPS) is 21.2. The van der Waals surface area contributed by atoms with Crippen LogP contribution >= 0.6 is 0 Å². The smallest absolute Gasteiger partial charge is 0.378 e. The molecule has 0 aromatic heterocycles. The molecule has 1 aliphatic heterocycles. The predicted molar refractivity (Wildman–Crippen MR) is 37.9 cm³/mol. The minimum Gasteiger partial charge on any atom is -0.378 e. The molecule has 0 aromatic carbocycles. The van der Waals surface area contributed by atoms with Crippen LogP contribution in [0.25, 0.3) is 0 Å². The van der Waals surface area contributed by atoms with Gasteiger partial charge in [0, 0.05) is 6.42 Å². The Bertz CT molecular complexity index is 220. The Labute approximate surface area is 73.1 Å². The van der Waals surface area contributed by atoms with E-state index in [1.807, 2.05) is 0 Å². The monoisotopic (exact) mass is 197 g/mol. The van der Waals surface area contributed by atoms with Crippen LogP contribution in [0, 0.1) is 0 Å². The topological polar surface area (TPSA) is 40.5 Å². The van der Waals surface area contributed by atoms with Gasteiger partial charge in [-0.2, -0.15) is 13.2 Å². The second-order valence-electron chi connectivity index (χ2n) is 3.13. The minimum atomic E-state index is -4.64. The molecular weight excluding hydrogens is 187 g/mol. The van der Waals surface area contributed by atoms with Gasteiger partial charge in [0.25, 0.3) is 0 Å². The van der Waals surface area contributed by atoms with E-state index >= 15 is 0 Å². The fourth-order valence-corrected chi connectivity index (χ4v) is 1.16. The fourth-order valence-electron chi connectivity index (χ4n) is 1.16. The van der Waals surface area contributed by atoms with Gasteiger partial charge >= 0.3 is 6.18 Å². The van der Waals surface area contributed by atoms with Gasteiger partial charge in [0.1, 0.15) is 0 Å². The molecule has 0 spiro atoms. The average Bonchev–Trinajstić information content (AvgIpc) is 1.95. The summed E-state index contributed by atoms with van der Waals surface area (Å²) >= 11 is 0. The Morgan fingerprint density at radius 3 is 2.31 bits per heavy atom. The Kier molecular flexibility index (Phi) is 2.27. The number of aliphatic hydroxyl groups is 1. The molecule has 0 bridgehead atoms. The first-order valence-electron chi connectivity index (χ1n) is 3.87. The number of hydrogen-bond acceptors (Lipinski definition) is 2. The highest BCUT2D eigenvalue weighted by Crippen LogP contribution is 2.37. The molecule has 3 nitrogen and oxygen atoms in total. The summed E-state index contributed by atoms with van der Waals surface area (Å²) < 4.78 is 36.1. The molecule has 0 radical (unpaired) electrons. The van der Waals surface area contributed by atoms with Gasteiger partial charge < -0.3 is 10.0 Å². The number of hydrogen-bond donors (Lipinski definition) is 1. The van der Waals surface area contributed by atoms with Gasteiger partial charge in [0.2, 0.25) is 5.91 Å². The number of carbonyl (C=O) groups is 1. The van der Waals surface area contributed by atoms with Crippen molar-refractivity contribution in [3.63, 3.8) is 0 Å². The molecule has 0 atom stereocenters. The number of nitrogens with zero attached hydrogens (tertiary/aromatic N) is 1. The lowest BCUT2D eigenvalue weighted by Crippen LogP contribution is -2.70. The summed E-state index contributed by atoms with van der Waals surface area (Å²) in [4.78, 5) is 11.8. The van der Waals surface area contributed by atoms with Gasteiger partial charge in [-0.1, -0.05) is 6.92 Å². The molecule has 1 heterocycles. The van der Waals surface area contributed by atoms with Gasteiger partial charge in [-0.15, -0.1) is 0 Å². The predicted octanol–water partition coefficient (Wildman–Crippen LogP) is 0.532. The number of halogens is 3. The third-order valence-electron chi connectivity index (χ3n) is 2.09. The van der Waals surface area contributed by atoms with Crippen molar-refractivity contribution < 1.29 is 23.1 Å². The number of carbonyl (C=O) groups excluding carboxylic acids is 1. The summed E-state index contributed by atoms with van der Waals surface area (Å²) in [5, 5.41) is 8.94. The van der Waals surface area contributed by atoms with Crippen molar-refractivity contribution in [2.45, 2.75) is 25.1 Å². The van der Waals surface area contributed by atoms with Crippen molar-refractivity contribution in [3.05, 3.63) is 0 Å². The van der Waals surface area contributed by atoms with Gasteiger partial charge in [0.15, 0.2) is 5.60 Å². The lowest BCUT2D eigenvalue weighted by Gasteiger charge is -2.46. The Morgan fingerprint density at radius 1 is 1.54 bits per heavy atom. The zero-order valence-corrected chi connectivity index (χ0v) is 7.06. The summed E-state index contributed by atoms with van der Waals surface area (Å²) in [5.74, 6) is -0.367. The van der Waals surface area contributed by atoms with Crippen LogP contribution in [0.5, 0.6) is 0 Å². The maximum atomic E-state index is 12.0. The third kappa shape index (κ3) is 1.63. The number of alkyl halides is 3. The van der Waals surface area contributed by atoms with Crippen LogP contribution in [0.1, 0.15) is 13.3 Å². The Hall–Kier alpha value is -0.780. The lowest BCUT2D eigenvalue weighted by atomic mass is 9.93. The third-order valence-corrected chi connectivity index (χ3v) is 2.09. The summed E-state index contributed by atoms with van der Waals surface area (Å²) in [6.45, 7) is 0.291. The maximum absolute atomic E-state index is 12.0. The number of β-amino-alcohol motifs (C(OH)–C–C–N with tert-alkyl or cyclic N) is 1. The Morgan fingerprint density at radius 2 is 2.00 bits per heavy atom. The molecule has 0 aliphatic carbocycles. The van der Waals surface area contributed by atoms with E-state index in [-0.39, 0.29) is 12.3 Å². The van der Waals surface area contributed by atoms with Crippen molar-refractivity contribution in [1.29, 1.82) is 0 Å². The standard InChI is InChI=1S/C7H10F3NO2/c1-2-5(12)11-3-6(13,4-11)7(8,9)10/h13H,2-4H2,1H3. The zero-order valence-electron chi connectivity index (χ0n) is 7.06. The van der Waals surface area contributed by atoms with Crippen LogP contribution in [-0.2, 0) is 4.79 Å². The molecule has 76 valence electrons. The first kappa shape index (κ1) is 10.3. The summed E-state index contributed by atoms with van der Waals surface area (Å²) in [6.07, 6.45) is -4.48. The molecule has 1 fully saturated rings. The number of likely N-dealkylation sites (tertiary alicyclic amines) is 1. The lowest BCUT2D eigenvalue weighted by molar-refractivity contribution is -0.297. The zero-order chi connectivity index (χ0) is 10.3. The Balaban J connectivity index is 2.53. The van der Waals surface area contributed by atoms with Crippen LogP contribution in [0.2, 0.25) is 0 Å². The SMILES string of the molecule is CCC(=O)N1CC(O)(C(F)(F)F)C1. The fraction of sp³-hybridized carbons (Fsp3) is 0.857. The van der Waals surface area contributed by atoms with Crippen LogP contribution < -0.4 is 0 Å². The first-order valence-corrected chi connectivity index (χ1v) is 3.87. The van der Waals surface area contributed by atoms with E-state index < -0.39 is 24.9 Å². The van der Waals surface area contributed by atoms with Gasteiger partial charge in [-0.05, 0) is 0 Å². The summed E-state index contributed by atoms with van der Waals surface area (Å²) in [7, 11) is 0. The van der Waals surface area contributed by atoms with Crippen molar-refractivity contribution in [3.8, 4) is 0 Å². The van der Waals surface area contributed by atoms with E-state index in [2.05, 4.69) is 0 Å². The van der Waals surface area contributed by atoms with Crippen molar-refractivity contribution in [2.75, 3.05) is 13.1 Å². The highest BCUT2D eigenvalue weighted by atomic mass is 19.4. The van der Waals surface area contributed by atoms with Gasteiger partial charge in [-0.25, -0.2) is 0 Å². The second-order valence-corrected chi connectivity index (χ2v) is 3.13. The molecular formula is C7H10F3NO2. The van der Waals surface area contributed by atoms with Crippen LogP contribution in [-0.4, -0.2) is 40.8 Å². The van der Waals surface area contributed by atoms with Crippen LogP contribution in [0.15, 0.2) is 0 Å². The van der Waals surface area contributed by atoms with Crippen LogP contribution in [0.4, 0.5) is 13.2 Å². The maximum Gasteiger partial charge on any atom is 0.420 e. The van der Waals surface area contributed by atoms with Crippen molar-refractivity contribution >= 4 is 5.91 Å². The van der Waals surface area contributed by atoms with Gasteiger partial charge in [0.05, 0.1) is 13.1 Å². The van der Waals surface area contributed by atoms with E-state index in [1.54, 1.807) is 6.92 Å². The highest BCUT2D eigenvalue weighted by Gasteiger charge is 2.61. The van der Waals surface area contributed by atoms with E-state index in [0.717, 1.165) is 4.90 Å². The van der Waals surface area contributed by atoms with E-state index in [9.17, 15) is 18.0 Å². The first-order chi connectivity index (χ1) is 5.80. The quantitative estimate of drug-likeness (QED) is 0.666. The molecule has 1 rings (SSSR count). The number of amides is 1. The summed E-state index contributed by atoms with van der Waals surface area (Å²) in [6, 6.07) is 0. The van der Waals surface area contributed by atoms with Gasteiger partial charge in [-0.3, -0.25) is 4.79 Å². The second kappa shape index (κ2) is 2.87. The minimum absolute atomic E-state index is 0.161. The number of rotatable bonds is 1. The molecule has 6 heteroatoms. The molecule has 0 saturated carbocycles. The molecule has 13 heavy (non-hydrogen) atoms. The molecule has 0 unspecified atom stereocenters. The molecule has 1 saturated heterocycles. The molecule has 1 amide bonds. The molecule has 1 aliphatic rings.